The molecule has 2 rings (SSSR count). The summed E-state index contributed by atoms with van der Waals surface area (Å²) < 4.78 is 116. The van der Waals surface area contributed by atoms with Crippen molar-refractivity contribution in [3.05, 3.63) is 52.6 Å². The van der Waals surface area contributed by atoms with Crippen molar-refractivity contribution in [3.63, 3.8) is 0 Å². The molecule has 0 radical (unpaired) electrons. The molecule has 154 valence electrons. The van der Waals surface area contributed by atoms with Gasteiger partial charge in [-0.1, -0.05) is 0 Å². The van der Waals surface area contributed by atoms with Crippen LogP contribution in [0.25, 0.3) is 0 Å². The maximum Gasteiger partial charge on any atom is 0.434 e. The van der Waals surface area contributed by atoms with Crippen LogP contribution in [0.5, 0.6) is 0 Å². The third kappa shape index (κ3) is 5.12. The van der Waals surface area contributed by atoms with Crippen molar-refractivity contribution in [2.75, 3.05) is 5.32 Å². The van der Waals surface area contributed by atoms with Crippen LogP contribution in [-0.4, -0.2) is 15.9 Å². The van der Waals surface area contributed by atoms with Gasteiger partial charge in [0, 0.05) is 11.9 Å². The molecule has 5 nitrogen and oxygen atoms in total. The molecule has 1 aromatic carbocycles. The highest BCUT2D eigenvalue weighted by molar-refractivity contribution is 6.05. The number of aromatic nitrogens is 2. The summed E-state index contributed by atoms with van der Waals surface area (Å²) in [4.78, 5) is 18.0. The van der Waals surface area contributed by atoms with Gasteiger partial charge in [-0.2, -0.15) is 44.8 Å². The Morgan fingerprint density at radius 2 is 1.41 bits per heavy atom. The van der Waals surface area contributed by atoms with Crippen molar-refractivity contribution in [1.29, 1.82) is 5.26 Å². The van der Waals surface area contributed by atoms with E-state index in [9.17, 15) is 44.3 Å². The second kappa shape index (κ2) is 7.22. The molecular formula is C15H5F9N4O. The number of rotatable bonds is 2. The van der Waals surface area contributed by atoms with Gasteiger partial charge < -0.3 is 5.32 Å². The van der Waals surface area contributed by atoms with E-state index < -0.39 is 58.3 Å². The lowest BCUT2D eigenvalue weighted by Gasteiger charge is -2.15. The van der Waals surface area contributed by atoms with Gasteiger partial charge in [0.1, 0.15) is 6.07 Å². The van der Waals surface area contributed by atoms with Crippen LogP contribution in [0, 0.1) is 11.3 Å². The number of halogens is 9. The number of benzene rings is 1. The minimum absolute atomic E-state index is 0.116. The maximum atomic E-state index is 13.0. The summed E-state index contributed by atoms with van der Waals surface area (Å²) in [5, 5.41) is 10.1. The Morgan fingerprint density at radius 1 is 0.897 bits per heavy atom. The highest BCUT2D eigenvalue weighted by atomic mass is 19.4. The lowest BCUT2D eigenvalue weighted by atomic mass is 10.1. The Morgan fingerprint density at radius 3 is 1.83 bits per heavy atom. The molecule has 0 fully saturated rings. The van der Waals surface area contributed by atoms with Crippen molar-refractivity contribution >= 4 is 11.6 Å². The number of anilines is 1. The average Bonchev–Trinajstić information content (AvgIpc) is 2.58. The molecule has 2 aromatic rings. The largest absolute Gasteiger partial charge is 0.434 e. The lowest BCUT2D eigenvalue weighted by molar-refractivity contribution is -0.143. The highest BCUT2D eigenvalue weighted by Gasteiger charge is 2.39. The lowest BCUT2D eigenvalue weighted by Crippen LogP contribution is -2.22. The molecule has 0 bridgehead atoms. The molecule has 14 heteroatoms. The van der Waals surface area contributed by atoms with E-state index in [-0.39, 0.29) is 24.4 Å². The van der Waals surface area contributed by atoms with Crippen LogP contribution in [0.2, 0.25) is 0 Å². The van der Waals surface area contributed by atoms with Gasteiger partial charge in [0.05, 0.1) is 16.7 Å². The fourth-order valence-corrected chi connectivity index (χ4v) is 2.04. The van der Waals surface area contributed by atoms with Crippen molar-refractivity contribution in [1.82, 2.24) is 9.97 Å². The van der Waals surface area contributed by atoms with Gasteiger partial charge in [0.15, 0.2) is 5.69 Å². The molecule has 0 aliphatic rings. The Balaban J connectivity index is 2.53. The fourth-order valence-electron chi connectivity index (χ4n) is 2.04. The summed E-state index contributed by atoms with van der Waals surface area (Å²) in [5.74, 6) is -2.68. The monoisotopic (exact) mass is 428 g/mol. The summed E-state index contributed by atoms with van der Waals surface area (Å²) in [7, 11) is 0. The molecule has 0 saturated heterocycles. The zero-order chi connectivity index (χ0) is 22.2. The Bertz CT molecular complexity index is 955. The van der Waals surface area contributed by atoms with Crippen LogP contribution < -0.4 is 5.32 Å². The predicted octanol–water partition coefficient (Wildman–Crippen LogP) is 4.66. The smallest absolute Gasteiger partial charge is 0.322 e. The van der Waals surface area contributed by atoms with Crippen LogP contribution in [0.1, 0.15) is 33.0 Å². The van der Waals surface area contributed by atoms with Gasteiger partial charge >= 0.3 is 18.5 Å². The average molecular weight is 428 g/mol. The van der Waals surface area contributed by atoms with Crippen molar-refractivity contribution in [2.24, 2.45) is 0 Å². The number of amides is 1. The standard InChI is InChI=1S/C15H5F9N4O/c16-13(17,18)6-1-7(14(19,20)21)3-8(2-6)27-12(29)9-5-26-10(4-25)28-11(9)15(22,23)24/h1-3,5H,(H,27,29). The predicted molar refractivity (Wildman–Crippen MR) is 76.1 cm³/mol. The van der Waals surface area contributed by atoms with Gasteiger partial charge in [0.25, 0.3) is 5.91 Å². The Labute approximate surface area is 154 Å². The van der Waals surface area contributed by atoms with E-state index in [4.69, 9.17) is 5.26 Å². The highest BCUT2D eigenvalue weighted by Crippen LogP contribution is 2.38. The normalized spacial score (nSPS) is 12.4. The minimum Gasteiger partial charge on any atom is -0.322 e. The molecule has 1 aromatic heterocycles. The second-order valence-corrected chi connectivity index (χ2v) is 5.31. The summed E-state index contributed by atoms with van der Waals surface area (Å²) in [6.07, 6.45) is -15.4. The summed E-state index contributed by atoms with van der Waals surface area (Å²) >= 11 is 0. The van der Waals surface area contributed by atoms with E-state index in [2.05, 4.69) is 9.97 Å². The number of nitrogens with one attached hydrogen (secondary N) is 1. The summed E-state index contributed by atoms with van der Waals surface area (Å²) in [5.41, 5.74) is -7.81. The van der Waals surface area contributed by atoms with Crippen molar-refractivity contribution in [3.8, 4) is 6.07 Å². The van der Waals surface area contributed by atoms with E-state index in [1.54, 1.807) is 0 Å². The van der Waals surface area contributed by atoms with Gasteiger partial charge in [-0.05, 0) is 18.2 Å². The van der Waals surface area contributed by atoms with E-state index >= 15 is 0 Å². The van der Waals surface area contributed by atoms with Gasteiger partial charge in [-0.3, -0.25) is 4.79 Å². The Kier molecular flexibility index (Phi) is 5.46. The molecular weight excluding hydrogens is 423 g/mol. The number of carbonyl (C=O) groups excluding carboxylic acids is 1. The zero-order valence-electron chi connectivity index (χ0n) is 13.5. The molecule has 0 unspecified atom stereocenters. The van der Waals surface area contributed by atoms with Crippen molar-refractivity contribution < 1.29 is 44.3 Å². The number of hydrogen-bond donors (Lipinski definition) is 1. The first-order valence-electron chi connectivity index (χ1n) is 7.08. The molecule has 0 spiro atoms. The Hall–Kier alpha value is -3.37. The van der Waals surface area contributed by atoms with E-state index in [1.165, 1.54) is 11.4 Å². The molecule has 0 aliphatic heterocycles. The van der Waals surface area contributed by atoms with Crippen LogP contribution in [0.15, 0.2) is 24.4 Å². The van der Waals surface area contributed by atoms with Crippen molar-refractivity contribution in [2.45, 2.75) is 18.5 Å². The van der Waals surface area contributed by atoms with Crippen LogP contribution in [0.4, 0.5) is 45.2 Å². The molecule has 1 heterocycles. The zero-order valence-corrected chi connectivity index (χ0v) is 13.5. The summed E-state index contributed by atoms with van der Waals surface area (Å²) in [6.45, 7) is 0. The molecule has 29 heavy (non-hydrogen) atoms. The number of hydrogen-bond acceptors (Lipinski definition) is 4. The minimum atomic E-state index is -5.26. The molecule has 0 atom stereocenters. The quantitative estimate of drug-likeness (QED) is 0.706. The first-order chi connectivity index (χ1) is 13.1. The van der Waals surface area contributed by atoms with Crippen LogP contribution in [-0.2, 0) is 18.5 Å². The fraction of sp³-hybridized carbons (Fsp3) is 0.200. The second-order valence-electron chi connectivity index (χ2n) is 5.31. The van der Waals surface area contributed by atoms with Crippen LogP contribution >= 0.6 is 0 Å². The van der Waals surface area contributed by atoms with E-state index in [1.807, 2.05) is 0 Å². The number of carbonyl (C=O) groups is 1. The molecule has 1 N–H and O–H groups in total. The number of nitrogens with zero attached hydrogens (tertiary/aromatic N) is 3. The van der Waals surface area contributed by atoms with Gasteiger partial charge in [0.2, 0.25) is 5.82 Å². The third-order valence-electron chi connectivity index (χ3n) is 3.25. The van der Waals surface area contributed by atoms with Gasteiger partial charge in [-0.25, -0.2) is 9.97 Å². The third-order valence-corrected chi connectivity index (χ3v) is 3.25. The molecule has 0 aliphatic carbocycles. The molecule has 1 amide bonds. The first kappa shape index (κ1) is 21.9. The SMILES string of the molecule is N#Cc1ncc(C(=O)Nc2cc(C(F)(F)F)cc(C(F)(F)F)c2)c(C(F)(F)F)n1. The summed E-state index contributed by atoms with van der Waals surface area (Å²) in [6, 6.07) is 1.21. The maximum absolute atomic E-state index is 13.0. The number of alkyl halides is 9. The topological polar surface area (TPSA) is 78.7 Å². The first-order valence-corrected chi connectivity index (χ1v) is 7.08. The van der Waals surface area contributed by atoms with Gasteiger partial charge in [-0.15, -0.1) is 0 Å². The van der Waals surface area contributed by atoms with Crippen LogP contribution in [0.3, 0.4) is 0 Å². The number of nitriles is 1. The molecule has 0 saturated carbocycles. The van der Waals surface area contributed by atoms with E-state index in [0.717, 1.165) is 0 Å². The van der Waals surface area contributed by atoms with E-state index in [0.29, 0.717) is 0 Å².